The fraction of sp³-hybridized carbons (Fsp3) is 0.562. The zero-order chi connectivity index (χ0) is 17.0. The summed E-state index contributed by atoms with van der Waals surface area (Å²) < 4.78 is 37.3. The van der Waals surface area contributed by atoms with Crippen LogP contribution in [0.25, 0.3) is 0 Å². The molecule has 0 aromatic heterocycles. The van der Waals surface area contributed by atoms with E-state index in [1.54, 1.807) is 17.9 Å². The van der Waals surface area contributed by atoms with Crippen LogP contribution in [0.1, 0.15) is 25.3 Å². The van der Waals surface area contributed by atoms with Crippen LogP contribution in [-0.2, 0) is 6.42 Å². The minimum atomic E-state index is -4.28. The number of rotatable bonds is 3. The van der Waals surface area contributed by atoms with E-state index in [1.165, 1.54) is 18.2 Å². The standard InChI is InChI=1S/C16H21F3N2O2/c1-11(22)13-5-3-7-21(10-13)15(23)20-14-6-2-4-12(8-14)9-16(17,18)19/h2,4,6,8,11,13,22H,3,5,7,9-10H2,1H3,(H,20,23). The molecule has 0 spiro atoms. The van der Waals surface area contributed by atoms with Gasteiger partial charge in [-0.3, -0.25) is 0 Å². The summed E-state index contributed by atoms with van der Waals surface area (Å²) in [6.07, 6.45) is -4.12. The second-order valence-electron chi connectivity index (χ2n) is 6.01. The predicted octanol–water partition coefficient (Wildman–Crippen LogP) is 3.42. The quantitative estimate of drug-likeness (QED) is 0.892. The van der Waals surface area contributed by atoms with Crippen LogP contribution in [0.3, 0.4) is 0 Å². The molecule has 0 aliphatic carbocycles. The molecule has 1 fully saturated rings. The number of likely N-dealkylation sites (tertiary alicyclic amines) is 1. The van der Waals surface area contributed by atoms with Gasteiger partial charge in [0.1, 0.15) is 0 Å². The van der Waals surface area contributed by atoms with Crippen molar-refractivity contribution in [3.63, 3.8) is 0 Å². The number of anilines is 1. The molecule has 2 amide bonds. The van der Waals surface area contributed by atoms with Gasteiger partial charge >= 0.3 is 12.2 Å². The van der Waals surface area contributed by atoms with Crippen LogP contribution in [0.5, 0.6) is 0 Å². The summed E-state index contributed by atoms with van der Waals surface area (Å²) in [6, 6.07) is 5.42. The first-order valence-electron chi connectivity index (χ1n) is 7.64. The number of hydrogen-bond donors (Lipinski definition) is 2. The van der Waals surface area contributed by atoms with Crippen LogP contribution in [0.15, 0.2) is 24.3 Å². The van der Waals surface area contributed by atoms with Gasteiger partial charge in [0, 0.05) is 24.7 Å². The van der Waals surface area contributed by atoms with Crippen LogP contribution in [-0.4, -0.2) is 41.4 Å². The van der Waals surface area contributed by atoms with E-state index in [9.17, 15) is 23.1 Å². The third-order valence-corrected chi connectivity index (χ3v) is 4.01. The Morgan fingerprint density at radius 1 is 1.48 bits per heavy atom. The fourth-order valence-corrected chi connectivity index (χ4v) is 2.78. The molecule has 1 aliphatic heterocycles. The number of halogens is 3. The molecule has 7 heteroatoms. The van der Waals surface area contributed by atoms with Gasteiger partial charge < -0.3 is 15.3 Å². The van der Waals surface area contributed by atoms with Crippen molar-refractivity contribution in [3.05, 3.63) is 29.8 Å². The number of hydrogen-bond acceptors (Lipinski definition) is 2. The van der Waals surface area contributed by atoms with Crippen LogP contribution in [0.4, 0.5) is 23.7 Å². The molecule has 2 N–H and O–H groups in total. The second kappa shape index (κ2) is 7.21. The summed E-state index contributed by atoms with van der Waals surface area (Å²) in [7, 11) is 0. The molecule has 4 nitrogen and oxygen atoms in total. The van der Waals surface area contributed by atoms with Crippen molar-refractivity contribution in [2.24, 2.45) is 5.92 Å². The van der Waals surface area contributed by atoms with E-state index >= 15 is 0 Å². The zero-order valence-corrected chi connectivity index (χ0v) is 12.9. The van der Waals surface area contributed by atoms with Gasteiger partial charge in [-0.1, -0.05) is 12.1 Å². The number of amides is 2. The molecule has 0 radical (unpaired) electrons. The molecule has 0 bridgehead atoms. The number of nitrogens with one attached hydrogen (secondary N) is 1. The fourth-order valence-electron chi connectivity index (χ4n) is 2.78. The number of carbonyl (C=O) groups is 1. The third kappa shape index (κ3) is 5.42. The van der Waals surface area contributed by atoms with Crippen LogP contribution >= 0.6 is 0 Å². The first kappa shape index (κ1) is 17.6. The summed E-state index contributed by atoms with van der Waals surface area (Å²) in [6.45, 7) is 2.73. The molecule has 1 aromatic rings. The van der Waals surface area contributed by atoms with Crippen molar-refractivity contribution in [2.75, 3.05) is 18.4 Å². The predicted molar refractivity (Wildman–Crippen MR) is 81.2 cm³/mol. The lowest BCUT2D eigenvalue weighted by atomic mass is 9.94. The largest absolute Gasteiger partial charge is 0.393 e. The number of aliphatic hydroxyl groups excluding tert-OH is 1. The van der Waals surface area contributed by atoms with Crippen molar-refractivity contribution in [3.8, 4) is 0 Å². The Hall–Kier alpha value is -1.76. The smallest absolute Gasteiger partial charge is 0.393 e. The van der Waals surface area contributed by atoms with E-state index in [1.807, 2.05) is 0 Å². The van der Waals surface area contributed by atoms with E-state index in [-0.39, 0.29) is 17.5 Å². The van der Waals surface area contributed by atoms with Crippen LogP contribution < -0.4 is 5.32 Å². The monoisotopic (exact) mass is 330 g/mol. The second-order valence-corrected chi connectivity index (χ2v) is 6.01. The summed E-state index contributed by atoms with van der Waals surface area (Å²) in [5, 5.41) is 12.3. The summed E-state index contributed by atoms with van der Waals surface area (Å²) in [4.78, 5) is 13.8. The SMILES string of the molecule is CC(O)C1CCCN(C(=O)Nc2cccc(CC(F)(F)F)c2)C1. The molecular formula is C16H21F3N2O2. The Bertz CT molecular complexity index is 546. The maximum Gasteiger partial charge on any atom is 0.393 e. The Kier molecular flexibility index (Phi) is 5.51. The Morgan fingerprint density at radius 2 is 2.22 bits per heavy atom. The molecule has 1 aromatic carbocycles. The average molecular weight is 330 g/mol. The van der Waals surface area contributed by atoms with Gasteiger partial charge in [0.15, 0.2) is 0 Å². The number of benzene rings is 1. The lowest BCUT2D eigenvalue weighted by Crippen LogP contribution is -2.44. The molecule has 1 heterocycles. The molecular weight excluding hydrogens is 309 g/mol. The maximum absolute atomic E-state index is 12.4. The topological polar surface area (TPSA) is 52.6 Å². The van der Waals surface area contributed by atoms with Crippen LogP contribution in [0.2, 0.25) is 0 Å². The molecule has 128 valence electrons. The van der Waals surface area contributed by atoms with Gasteiger partial charge in [-0.05, 0) is 37.5 Å². The third-order valence-electron chi connectivity index (χ3n) is 4.01. The Morgan fingerprint density at radius 3 is 2.87 bits per heavy atom. The lowest BCUT2D eigenvalue weighted by molar-refractivity contribution is -0.127. The molecule has 23 heavy (non-hydrogen) atoms. The van der Waals surface area contributed by atoms with Crippen molar-refractivity contribution < 1.29 is 23.1 Å². The minimum absolute atomic E-state index is 0.0334. The number of urea groups is 1. The van der Waals surface area contributed by atoms with Gasteiger partial charge in [0.05, 0.1) is 12.5 Å². The number of carbonyl (C=O) groups excluding carboxylic acids is 1. The summed E-state index contributed by atoms with van der Waals surface area (Å²) in [5.74, 6) is 0.0334. The van der Waals surface area contributed by atoms with Crippen molar-refractivity contribution >= 4 is 11.7 Å². The highest BCUT2D eigenvalue weighted by atomic mass is 19.4. The van der Waals surface area contributed by atoms with Crippen molar-refractivity contribution in [1.82, 2.24) is 4.90 Å². The molecule has 1 aliphatic rings. The summed E-state index contributed by atoms with van der Waals surface area (Å²) >= 11 is 0. The van der Waals surface area contributed by atoms with Gasteiger partial charge in [-0.2, -0.15) is 13.2 Å². The van der Waals surface area contributed by atoms with Gasteiger partial charge in [0.2, 0.25) is 0 Å². The Balaban J connectivity index is 1.98. The van der Waals surface area contributed by atoms with E-state index in [0.717, 1.165) is 12.8 Å². The molecule has 2 atom stereocenters. The lowest BCUT2D eigenvalue weighted by Gasteiger charge is -2.34. The summed E-state index contributed by atoms with van der Waals surface area (Å²) in [5.41, 5.74) is 0.451. The zero-order valence-electron chi connectivity index (χ0n) is 12.9. The normalized spacial score (nSPS) is 20.2. The first-order chi connectivity index (χ1) is 10.7. The minimum Gasteiger partial charge on any atom is -0.393 e. The Labute approximate surface area is 133 Å². The first-order valence-corrected chi connectivity index (χ1v) is 7.64. The van der Waals surface area contributed by atoms with Crippen molar-refractivity contribution in [1.29, 1.82) is 0 Å². The van der Waals surface area contributed by atoms with E-state index in [4.69, 9.17) is 0 Å². The van der Waals surface area contributed by atoms with E-state index in [2.05, 4.69) is 5.32 Å². The highest BCUT2D eigenvalue weighted by Crippen LogP contribution is 2.24. The number of piperidine rings is 1. The number of nitrogens with zero attached hydrogens (tertiary/aromatic N) is 1. The van der Waals surface area contributed by atoms with E-state index < -0.39 is 18.7 Å². The van der Waals surface area contributed by atoms with E-state index in [0.29, 0.717) is 18.8 Å². The maximum atomic E-state index is 12.4. The number of aliphatic hydroxyl groups is 1. The highest BCUT2D eigenvalue weighted by molar-refractivity contribution is 5.89. The van der Waals surface area contributed by atoms with Crippen molar-refractivity contribution in [2.45, 2.75) is 38.5 Å². The molecule has 2 rings (SSSR count). The van der Waals surface area contributed by atoms with Gasteiger partial charge in [0.25, 0.3) is 0 Å². The molecule has 2 unspecified atom stereocenters. The van der Waals surface area contributed by atoms with Gasteiger partial charge in [-0.25, -0.2) is 4.79 Å². The highest BCUT2D eigenvalue weighted by Gasteiger charge is 2.28. The van der Waals surface area contributed by atoms with Crippen LogP contribution in [0, 0.1) is 5.92 Å². The molecule has 1 saturated heterocycles. The number of alkyl halides is 3. The van der Waals surface area contributed by atoms with Gasteiger partial charge in [-0.15, -0.1) is 0 Å². The average Bonchev–Trinajstić information content (AvgIpc) is 2.46. The molecule has 0 saturated carbocycles.